The zero-order valence-corrected chi connectivity index (χ0v) is 30.2. The Balaban J connectivity index is 0.000000130. The molecule has 0 fully saturated rings. The number of carbonyl (C=O) groups is 1. The molecule has 6 heterocycles. The van der Waals surface area contributed by atoms with Gasteiger partial charge in [0.2, 0.25) is 12.7 Å². The first kappa shape index (κ1) is 35.9. The monoisotopic (exact) mass is 676 g/mol. The van der Waals surface area contributed by atoms with Crippen molar-refractivity contribution in [3.8, 4) is 11.5 Å². The number of anilines is 1. The van der Waals surface area contributed by atoms with Gasteiger partial charge in [0.25, 0.3) is 0 Å². The molecule has 50 heavy (non-hydrogen) atoms. The Bertz CT molecular complexity index is 2120. The average molecular weight is 677 g/mol. The second-order valence-corrected chi connectivity index (χ2v) is 13.8. The molecule has 0 aliphatic carbocycles. The summed E-state index contributed by atoms with van der Waals surface area (Å²) in [6.45, 7) is 17.5. The standard InChI is InChI=1S/2C10H12N2O.C10H12N2.C10H12O2/c1-6(2)8-3-7-4-9(13)12-10(7)11-5-8;1-6(2)7-3-4-8-9(5-7)12-10(13)11-8;1-7(2)9-4-3-8-5-6-11-10(8)12-9;1-7(2)8-3-4-9-10(5-8)12-6-11-9/h3,5-6H,4H2,1-2H3,(H,11,12,13);3-6H,1-2H3,(H2,11,12,13);3-7H,1-2H3,(H,11,12);3-5,7H,6H2,1-2H3. The van der Waals surface area contributed by atoms with E-state index >= 15 is 0 Å². The van der Waals surface area contributed by atoms with E-state index in [2.05, 4.69) is 110 Å². The molecule has 6 aromatic rings. The first-order valence-electron chi connectivity index (χ1n) is 17.2. The number of amides is 1. The molecule has 0 radical (unpaired) electrons. The highest BCUT2D eigenvalue weighted by molar-refractivity contribution is 5.97. The van der Waals surface area contributed by atoms with Crippen molar-refractivity contribution >= 4 is 33.8 Å². The fourth-order valence-electron chi connectivity index (χ4n) is 5.39. The van der Waals surface area contributed by atoms with E-state index in [9.17, 15) is 9.59 Å². The molecule has 10 heteroatoms. The number of rotatable bonds is 4. The van der Waals surface area contributed by atoms with Crippen LogP contribution in [0, 0.1) is 0 Å². The van der Waals surface area contributed by atoms with Gasteiger partial charge < -0.3 is 29.7 Å². The second kappa shape index (κ2) is 15.9. The third kappa shape index (κ3) is 8.99. The number of carbonyl (C=O) groups excluding carboxylic acids is 1. The van der Waals surface area contributed by atoms with Gasteiger partial charge >= 0.3 is 5.69 Å². The van der Waals surface area contributed by atoms with Gasteiger partial charge in [-0.25, -0.2) is 14.8 Å². The van der Waals surface area contributed by atoms with Crippen LogP contribution in [0.25, 0.3) is 22.1 Å². The highest BCUT2D eigenvalue weighted by Gasteiger charge is 2.19. The van der Waals surface area contributed by atoms with Gasteiger partial charge in [-0.3, -0.25) is 4.79 Å². The second-order valence-electron chi connectivity index (χ2n) is 13.8. The summed E-state index contributed by atoms with van der Waals surface area (Å²) in [6, 6.07) is 20.4. The summed E-state index contributed by atoms with van der Waals surface area (Å²) in [5, 5.41) is 3.89. The number of aromatic amines is 3. The Morgan fingerprint density at radius 2 is 1.36 bits per heavy atom. The Morgan fingerprint density at radius 1 is 0.680 bits per heavy atom. The number of fused-ring (bicyclic) bond motifs is 4. The zero-order chi connectivity index (χ0) is 35.9. The van der Waals surface area contributed by atoms with Gasteiger partial charge in [0.05, 0.1) is 17.5 Å². The van der Waals surface area contributed by atoms with Crippen LogP contribution >= 0.6 is 0 Å². The summed E-state index contributed by atoms with van der Waals surface area (Å²) < 4.78 is 10.5. The van der Waals surface area contributed by atoms with Gasteiger partial charge in [0.15, 0.2) is 11.5 Å². The molecule has 2 aliphatic heterocycles. The third-order valence-corrected chi connectivity index (χ3v) is 8.56. The maximum absolute atomic E-state index is 11.0. The number of hydrogen-bond donors (Lipinski definition) is 4. The fraction of sp³-hybridized carbons (Fsp3) is 0.350. The van der Waals surface area contributed by atoms with Crippen LogP contribution in [0.1, 0.15) is 107 Å². The quantitative estimate of drug-likeness (QED) is 0.147. The number of aromatic nitrogens is 5. The van der Waals surface area contributed by atoms with E-state index in [1.165, 1.54) is 22.1 Å². The van der Waals surface area contributed by atoms with E-state index in [1.54, 1.807) is 0 Å². The number of hydrogen-bond acceptors (Lipinski definition) is 6. The van der Waals surface area contributed by atoms with Crippen LogP contribution in [0.15, 0.2) is 77.9 Å². The first-order chi connectivity index (χ1) is 23.9. The molecular weight excluding hydrogens is 628 g/mol. The number of H-pyrrole nitrogens is 3. The molecular formula is C40H48N6O4. The smallest absolute Gasteiger partial charge is 0.323 e. The summed E-state index contributed by atoms with van der Waals surface area (Å²) in [5.74, 6) is 4.51. The predicted molar refractivity (Wildman–Crippen MR) is 201 cm³/mol. The number of nitrogens with zero attached hydrogens (tertiary/aromatic N) is 2. The van der Waals surface area contributed by atoms with Gasteiger partial charge in [-0.2, -0.15) is 0 Å². The van der Waals surface area contributed by atoms with Crippen LogP contribution in [0.5, 0.6) is 11.5 Å². The summed E-state index contributed by atoms with van der Waals surface area (Å²) in [5.41, 5.74) is 8.49. The summed E-state index contributed by atoms with van der Waals surface area (Å²) in [4.78, 5) is 39.2. The van der Waals surface area contributed by atoms with Crippen molar-refractivity contribution in [2.75, 3.05) is 12.1 Å². The highest BCUT2D eigenvalue weighted by Crippen LogP contribution is 2.34. The Labute approximate surface area is 293 Å². The molecule has 1 amide bonds. The molecule has 2 aromatic carbocycles. The van der Waals surface area contributed by atoms with Crippen molar-refractivity contribution in [3.63, 3.8) is 0 Å². The van der Waals surface area contributed by atoms with E-state index in [4.69, 9.17) is 9.47 Å². The van der Waals surface area contributed by atoms with Crippen molar-refractivity contribution < 1.29 is 14.3 Å². The first-order valence-corrected chi connectivity index (χ1v) is 17.2. The molecule has 4 aromatic heterocycles. The number of ether oxygens (including phenoxy) is 2. The predicted octanol–water partition coefficient (Wildman–Crippen LogP) is 8.90. The number of imidazole rings is 1. The molecule has 2 aliphatic rings. The van der Waals surface area contributed by atoms with E-state index in [0.29, 0.717) is 36.9 Å². The lowest BCUT2D eigenvalue weighted by Crippen LogP contribution is -2.04. The molecule has 0 bridgehead atoms. The summed E-state index contributed by atoms with van der Waals surface area (Å²) in [6.07, 6.45) is 4.22. The summed E-state index contributed by atoms with van der Waals surface area (Å²) >= 11 is 0. The van der Waals surface area contributed by atoms with Crippen molar-refractivity contribution in [2.45, 2.75) is 85.5 Å². The van der Waals surface area contributed by atoms with Gasteiger partial charge in [-0.15, -0.1) is 0 Å². The number of pyridine rings is 2. The van der Waals surface area contributed by atoms with Crippen molar-refractivity contribution in [1.82, 2.24) is 24.9 Å². The Morgan fingerprint density at radius 3 is 2.08 bits per heavy atom. The maximum atomic E-state index is 11.0. The fourth-order valence-corrected chi connectivity index (χ4v) is 5.39. The van der Waals surface area contributed by atoms with Crippen LogP contribution < -0.4 is 20.5 Å². The van der Waals surface area contributed by atoms with E-state index in [0.717, 1.165) is 45.3 Å². The highest BCUT2D eigenvalue weighted by atomic mass is 16.7. The van der Waals surface area contributed by atoms with Crippen LogP contribution in [-0.4, -0.2) is 37.6 Å². The third-order valence-electron chi connectivity index (χ3n) is 8.56. The molecule has 0 saturated carbocycles. The van der Waals surface area contributed by atoms with Crippen LogP contribution in [-0.2, 0) is 11.2 Å². The van der Waals surface area contributed by atoms with Gasteiger partial charge in [-0.05, 0) is 88.9 Å². The minimum absolute atomic E-state index is 0.0448. The minimum Gasteiger partial charge on any atom is -0.454 e. The van der Waals surface area contributed by atoms with Crippen molar-refractivity contribution in [1.29, 1.82) is 0 Å². The molecule has 0 unspecified atom stereocenters. The normalized spacial score (nSPS) is 12.8. The number of nitrogens with one attached hydrogen (secondary N) is 4. The SMILES string of the molecule is CC(C)c1ccc2[nH]c(=O)[nH]c2c1.CC(C)c1ccc2c(c1)OCO2.CC(C)c1ccc2cc[nH]c2n1.CC(C)c1cnc2c(c1)CC(=O)N2. The summed E-state index contributed by atoms with van der Waals surface area (Å²) in [7, 11) is 0. The topological polar surface area (TPSA) is 138 Å². The van der Waals surface area contributed by atoms with Crippen LogP contribution in [0.2, 0.25) is 0 Å². The lowest BCUT2D eigenvalue weighted by Gasteiger charge is -2.05. The zero-order valence-electron chi connectivity index (χ0n) is 30.2. The van der Waals surface area contributed by atoms with Crippen molar-refractivity contribution in [2.24, 2.45) is 0 Å². The molecule has 8 rings (SSSR count). The minimum atomic E-state index is -0.143. The van der Waals surface area contributed by atoms with Crippen LogP contribution in [0.4, 0.5) is 5.82 Å². The van der Waals surface area contributed by atoms with Gasteiger partial charge in [-0.1, -0.05) is 67.5 Å². The lowest BCUT2D eigenvalue weighted by molar-refractivity contribution is -0.115. The van der Waals surface area contributed by atoms with Crippen molar-refractivity contribution in [3.05, 3.63) is 111 Å². The van der Waals surface area contributed by atoms with Gasteiger partial charge in [0, 0.05) is 29.0 Å². The number of benzene rings is 2. The molecule has 0 spiro atoms. The molecule has 4 N–H and O–H groups in total. The molecule has 262 valence electrons. The van der Waals surface area contributed by atoms with Gasteiger partial charge in [0.1, 0.15) is 11.5 Å². The largest absolute Gasteiger partial charge is 0.454 e. The van der Waals surface area contributed by atoms with Crippen LogP contribution in [0.3, 0.4) is 0 Å². The van der Waals surface area contributed by atoms with E-state index in [-0.39, 0.29) is 11.6 Å². The lowest BCUT2D eigenvalue weighted by atomic mass is 10.0. The molecule has 0 saturated heterocycles. The molecule has 10 nitrogen and oxygen atoms in total. The Hall–Kier alpha value is -5.38. The van der Waals surface area contributed by atoms with E-state index < -0.39 is 0 Å². The molecule has 0 atom stereocenters. The average Bonchev–Trinajstić information content (AvgIpc) is 3.89. The Kier molecular flexibility index (Phi) is 11.4. The van der Waals surface area contributed by atoms with E-state index in [1.807, 2.05) is 48.8 Å². The maximum Gasteiger partial charge on any atom is 0.323 e.